The van der Waals surface area contributed by atoms with Crippen molar-refractivity contribution in [2.45, 2.75) is 31.3 Å². The van der Waals surface area contributed by atoms with Gasteiger partial charge in [-0.2, -0.15) is 0 Å². The Balaban J connectivity index is 1.72. The molecular weight excluding hydrogens is 534 g/mol. The lowest BCUT2D eigenvalue weighted by molar-refractivity contribution is -0.139. The highest BCUT2D eigenvalue weighted by Gasteiger charge is 2.33. The van der Waals surface area contributed by atoms with Crippen LogP contribution in [0, 0.1) is 0 Å². The zero-order valence-corrected chi connectivity index (χ0v) is 23.5. The van der Waals surface area contributed by atoms with Crippen LogP contribution in [0.3, 0.4) is 0 Å². The highest BCUT2D eigenvalue weighted by Crippen LogP contribution is 2.36. The van der Waals surface area contributed by atoms with Crippen molar-refractivity contribution in [1.82, 2.24) is 10.2 Å². The Morgan fingerprint density at radius 3 is 2.30 bits per heavy atom. The Labute approximate surface area is 234 Å². The van der Waals surface area contributed by atoms with Crippen LogP contribution in [0.5, 0.6) is 17.2 Å². The average molecular weight is 568 g/mol. The van der Waals surface area contributed by atoms with Crippen molar-refractivity contribution < 1.29 is 32.2 Å². The van der Waals surface area contributed by atoms with E-state index in [4.69, 9.17) is 14.2 Å². The molecule has 0 saturated heterocycles. The van der Waals surface area contributed by atoms with Crippen LogP contribution < -0.4 is 23.8 Å². The number of rotatable bonds is 11. The molecule has 0 aromatic heterocycles. The summed E-state index contributed by atoms with van der Waals surface area (Å²) in [6.45, 7) is 4.04. The zero-order chi connectivity index (χ0) is 28.7. The summed E-state index contributed by atoms with van der Waals surface area (Å²) in [6, 6.07) is 18.9. The maximum Gasteiger partial charge on any atom is 0.264 e. The summed E-state index contributed by atoms with van der Waals surface area (Å²) in [6.07, 6.45) is 0. The number of carbonyl (C=O) groups excluding carboxylic acids is 2. The van der Waals surface area contributed by atoms with Gasteiger partial charge < -0.3 is 24.4 Å². The first-order chi connectivity index (χ1) is 19.2. The van der Waals surface area contributed by atoms with Crippen molar-refractivity contribution in [3.05, 3.63) is 78.4 Å². The largest absolute Gasteiger partial charge is 0.497 e. The molecule has 3 aromatic carbocycles. The van der Waals surface area contributed by atoms with Gasteiger partial charge in [0.05, 0.1) is 17.7 Å². The fourth-order valence-corrected chi connectivity index (χ4v) is 5.69. The molecule has 0 unspecified atom stereocenters. The summed E-state index contributed by atoms with van der Waals surface area (Å²) in [5.74, 6) is 0.627. The first-order valence-corrected chi connectivity index (χ1v) is 14.4. The number of fused-ring (bicyclic) bond motifs is 1. The smallest absolute Gasteiger partial charge is 0.264 e. The molecule has 10 nitrogen and oxygen atoms in total. The van der Waals surface area contributed by atoms with Crippen molar-refractivity contribution in [2.75, 3.05) is 37.7 Å². The molecule has 40 heavy (non-hydrogen) atoms. The van der Waals surface area contributed by atoms with E-state index in [1.54, 1.807) is 81.6 Å². The summed E-state index contributed by atoms with van der Waals surface area (Å²) in [5, 5.41) is 2.74. The Morgan fingerprint density at radius 2 is 1.65 bits per heavy atom. The number of anilines is 1. The van der Waals surface area contributed by atoms with Crippen LogP contribution in [-0.4, -0.2) is 64.6 Å². The van der Waals surface area contributed by atoms with E-state index in [9.17, 15) is 18.0 Å². The lowest BCUT2D eigenvalue weighted by Crippen LogP contribution is -2.51. The quantitative estimate of drug-likeness (QED) is 0.378. The SMILES string of the molecule is CCNC(=O)[C@H](C)N(Cc1ccc(OC)cc1)C(=O)CN(c1ccc2c(c1)OCCO2)S(=O)(=O)c1ccccc1. The molecular formula is C29H33N3O7S. The molecule has 1 N–H and O–H groups in total. The van der Waals surface area contributed by atoms with Crippen molar-refractivity contribution in [2.24, 2.45) is 0 Å². The van der Waals surface area contributed by atoms with Gasteiger partial charge in [-0.1, -0.05) is 30.3 Å². The topological polar surface area (TPSA) is 114 Å². The standard InChI is InChI=1S/C29H33N3O7S/c1-4-30-29(34)21(2)31(19-22-10-13-24(37-3)14-11-22)28(33)20-32(40(35,36)25-8-6-5-7-9-25)23-12-15-26-27(18-23)39-17-16-38-26/h5-15,18,21H,4,16-17,19-20H2,1-3H3,(H,30,34)/t21-/m0/s1. The van der Waals surface area contributed by atoms with Crippen LogP contribution in [0.25, 0.3) is 0 Å². The Bertz CT molecular complexity index is 1430. The van der Waals surface area contributed by atoms with Crippen molar-refractivity contribution in [1.29, 1.82) is 0 Å². The van der Waals surface area contributed by atoms with Gasteiger partial charge in [0.1, 0.15) is 31.5 Å². The fraction of sp³-hybridized carbons (Fsp3) is 0.310. The lowest BCUT2D eigenvalue weighted by Gasteiger charge is -2.32. The van der Waals surface area contributed by atoms with E-state index in [1.165, 1.54) is 17.0 Å². The predicted octanol–water partition coefficient (Wildman–Crippen LogP) is 3.22. The van der Waals surface area contributed by atoms with Crippen LogP contribution >= 0.6 is 0 Å². The van der Waals surface area contributed by atoms with E-state index in [1.807, 2.05) is 0 Å². The molecule has 0 aliphatic carbocycles. The number of amides is 2. The minimum atomic E-state index is -4.17. The first-order valence-electron chi connectivity index (χ1n) is 12.9. The van der Waals surface area contributed by atoms with Gasteiger partial charge in [0.25, 0.3) is 10.0 Å². The molecule has 1 heterocycles. The number of likely N-dealkylation sites (N-methyl/N-ethyl adjacent to an activating group) is 1. The molecule has 2 amide bonds. The van der Waals surface area contributed by atoms with Crippen molar-refractivity contribution in [3.8, 4) is 17.2 Å². The van der Waals surface area contributed by atoms with Gasteiger partial charge in [0, 0.05) is 19.2 Å². The number of nitrogens with zero attached hydrogens (tertiary/aromatic N) is 2. The third-order valence-corrected chi connectivity index (χ3v) is 8.24. The van der Waals surface area contributed by atoms with Gasteiger partial charge in [0.15, 0.2) is 11.5 Å². The third kappa shape index (κ3) is 6.48. The number of sulfonamides is 1. The molecule has 1 aliphatic heterocycles. The maximum atomic E-state index is 13.9. The average Bonchev–Trinajstić information content (AvgIpc) is 2.98. The molecule has 0 radical (unpaired) electrons. The Kier molecular flexibility index (Phi) is 9.15. The minimum absolute atomic E-state index is 0.0242. The molecule has 11 heteroatoms. The monoisotopic (exact) mass is 567 g/mol. The van der Waals surface area contributed by atoms with Gasteiger partial charge in [-0.3, -0.25) is 13.9 Å². The molecule has 212 valence electrons. The van der Waals surface area contributed by atoms with E-state index in [-0.39, 0.29) is 23.0 Å². The van der Waals surface area contributed by atoms with Crippen LogP contribution in [-0.2, 0) is 26.2 Å². The number of nitrogens with one attached hydrogen (secondary N) is 1. The Morgan fingerprint density at radius 1 is 0.975 bits per heavy atom. The van der Waals surface area contributed by atoms with E-state index >= 15 is 0 Å². The summed E-state index contributed by atoms with van der Waals surface area (Å²) >= 11 is 0. The van der Waals surface area contributed by atoms with E-state index < -0.39 is 28.5 Å². The Hall–Kier alpha value is -4.25. The predicted molar refractivity (Wildman–Crippen MR) is 150 cm³/mol. The molecule has 0 spiro atoms. The third-order valence-electron chi connectivity index (χ3n) is 6.45. The zero-order valence-electron chi connectivity index (χ0n) is 22.7. The summed E-state index contributed by atoms with van der Waals surface area (Å²) in [5.41, 5.74) is 0.985. The second-order valence-corrected chi connectivity index (χ2v) is 11.0. The summed E-state index contributed by atoms with van der Waals surface area (Å²) < 4.78 is 45.3. The van der Waals surface area contributed by atoms with Crippen molar-refractivity contribution >= 4 is 27.5 Å². The van der Waals surface area contributed by atoms with Crippen molar-refractivity contribution in [3.63, 3.8) is 0 Å². The number of benzene rings is 3. The van der Waals surface area contributed by atoms with E-state index in [0.29, 0.717) is 37.0 Å². The van der Waals surface area contributed by atoms with Gasteiger partial charge >= 0.3 is 0 Å². The molecule has 0 fully saturated rings. The number of ether oxygens (including phenoxy) is 3. The number of methoxy groups -OCH3 is 1. The van der Waals surface area contributed by atoms with E-state index in [2.05, 4.69) is 5.32 Å². The van der Waals surface area contributed by atoms with Crippen LogP contribution in [0.15, 0.2) is 77.7 Å². The molecule has 1 aliphatic rings. The number of hydrogen-bond donors (Lipinski definition) is 1. The summed E-state index contributed by atoms with van der Waals surface area (Å²) in [7, 11) is -2.62. The van der Waals surface area contributed by atoms with Gasteiger partial charge in [-0.05, 0) is 55.8 Å². The highest BCUT2D eigenvalue weighted by molar-refractivity contribution is 7.92. The van der Waals surface area contributed by atoms with Crippen LogP contribution in [0.4, 0.5) is 5.69 Å². The first kappa shape index (κ1) is 28.8. The molecule has 0 saturated carbocycles. The number of carbonyl (C=O) groups is 2. The molecule has 4 rings (SSSR count). The maximum absolute atomic E-state index is 13.9. The summed E-state index contributed by atoms with van der Waals surface area (Å²) in [4.78, 5) is 28.2. The van der Waals surface area contributed by atoms with E-state index in [0.717, 1.165) is 9.87 Å². The fourth-order valence-electron chi connectivity index (χ4n) is 4.27. The molecule has 0 bridgehead atoms. The lowest BCUT2D eigenvalue weighted by atomic mass is 10.1. The van der Waals surface area contributed by atoms with Gasteiger partial charge in [0.2, 0.25) is 11.8 Å². The van der Waals surface area contributed by atoms with Crippen LogP contribution in [0.1, 0.15) is 19.4 Å². The van der Waals surface area contributed by atoms with Crippen LogP contribution in [0.2, 0.25) is 0 Å². The number of hydrogen-bond acceptors (Lipinski definition) is 7. The normalized spacial score (nSPS) is 13.2. The highest BCUT2D eigenvalue weighted by atomic mass is 32.2. The minimum Gasteiger partial charge on any atom is -0.497 e. The van der Waals surface area contributed by atoms with Gasteiger partial charge in [-0.25, -0.2) is 8.42 Å². The molecule has 3 aromatic rings. The van der Waals surface area contributed by atoms with Gasteiger partial charge in [-0.15, -0.1) is 0 Å². The second-order valence-electron chi connectivity index (χ2n) is 9.09. The molecule has 1 atom stereocenters. The second kappa shape index (κ2) is 12.7.